The van der Waals surface area contributed by atoms with E-state index in [4.69, 9.17) is 9.52 Å². The second kappa shape index (κ2) is 5.98. The predicted octanol–water partition coefficient (Wildman–Crippen LogP) is 2.98. The molecule has 1 N–H and O–H groups in total. The number of nitrogens with zero attached hydrogens (tertiary/aromatic N) is 1. The van der Waals surface area contributed by atoms with E-state index in [-0.39, 0.29) is 28.0 Å². The zero-order valence-corrected chi connectivity index (χ0v) is 14.1. The molecule has 0 bridgehead atoms. The van der Waals surface area contributed by atoms with Crippen LogP contribution in [0.2, 0.25) is 0 Å². The molecule has 0 amide bonds. The van der Waals surface area contributed by atoms with Crippen LogP contribution in [0.4, 0.5) is 0 Å². The number of halogens is 1. The van der Waals surface area contributed by atoms with Crippen LogP contribution in [0.25, 0.3) is 0 Å². The lowest BCUT2D eigenvalue weighted by molar-refractivity contribution is 0.245. The summed E-state index contributed by atoms with van der Waals surface area (Å²) in [6.45, 7) is 1.47. The molecule has 0 radical (unpaired) electrons. The van der Waals surface area contributed by atoms with E-state index < -0.39 is 10.0 Å². The van der Waals surface area contributed by atoms with E-state index >= 15 is 0 Å². The molecule has 1 atom stereocenters. The van der Waals surface area contributed by atoms with E-state index in [2.05, 4.69) is 15.9 Å². The van der Waals surface area contributed by atoms with Crippen LogP contribution < -0.4 is 0 Å². The first-order valence-corrected chi connectivity index (χ1v) is 8.89. The lowest BCUT2D eigenvalue weighted by Gasteiger charge is -2.22. The Morgan fingerprint density at radius 2 is 2.25 bits per heavy atom. The van der Waals surface area contributed by atoms with E-state index in [1.54, 1.807) is 0 Å². The van der Waals surface area contributed by atoms with Crippen LogP contribution in [-0.2, 0) is 16.6 Å². The summed E-state index contributed by atoms with van der Waals surface area (Å²) in [6.07, 6.45) is 0. The minimum atomic E-state index is -3.70. The van der Waals surface area contributed by atoms with E-state index in [0.717, 1.165) is 4.88 Å². The van der Waals surface area contributed by atoms with Crippen molar-refractivity contribution in [3.8, 4) is 0 Å². The molecule has 5 nitrogen and oxygen atoms in total. The Labute approximate surface area is 130 Å². The third kappa shape index (κ3) is 2.84. The summed E-state index contributed by atoms with van der Waals surface area (Å²) in [6, 6.07) is 4.83. The van der Waals surface area contributed by atoms with Gasteiger partial charge < -0.3 is 9.52 Å². The molecule has 0 saturated carbocycles. The highest BCUT2D eigenvalue weighted by Crippen LogP contribution is 2.33. The molecule has 110 valence electrons. The number of rotatable bonds is 5. The van der Waals surface area contributed by atoms with Crippen molar-refractivity contribution in [1.29, 1.82) is 0 Å². The average molecular weight is 380 g/mol. The van der Waals surface area contributed by atoms with Crippen molar-refractivity contribution < 1.29 is 17.9 Å². The topological polar surface area (TPSA) is 70.8 Å². The molecular weight excluding hydrogens is 366 g/mol. The van der Waals surface area contributed by atoms with Gasteiger partial charge in [-0.15, -0.1) is 11.3 Å². The summed E-state index contributed by atoms with van der Waals surface area (Å²) in [5, 5.41) is 10.9. The second-order valence-corrected chi connectivity index (χ2v) is 7.89. The molecule has 0 aromatic carbocycles. The molecule has 0 aliphatic heterocycles. The Morgan fingerprint density at radius 3 is 2.75 bits per heavy atom. The van der Waals surface area contributed by atoms with Crippen molar-refractivity contribution in [1.82, 2.24) is 4.31 Å². The summed E-state index contributed by atoms with van der Waals surface area (Å²) in [7, 11) is -2.17. The summed E-state index contributed by atoms with van der Waals surface area (Å²) >= 11 is 4.58. The molecule has 0 aliphatic carbocycles. The number of thiophene rings is 1. The second-order valence-electron chi connectivity index (χ2n) is 4.22. The van der Waals surface area contributed by atoms with E-state index in [1.165, 1.54) is 28.8 Å². The van der Waals surface area contributed by atoms with Gasteiger partial charge in [-0.1, -0.05) is 6.07 Å². The third-order valence-corrected chi connectivity index (χ3v) is 6.85. The molecule has 2 aromatic rings. The quantitative estimate of drug-likeness (QED) is 0.866. The van der Waals surface area contributed by atoms with Gasteiger partial charge >= 0.3 is 0 Å². The van der Waals surface area contributed by atoms with Crippen molar-refractivity contribution in [3.05, 3.63) is 38.9 Å². The number of hydrogen-bond acceptors (Lipinski definition) is 5. The molecule has 1 unspecified atom stereocenters. The first-order valence-electron chi connectivity index (χ1n) is 5.78. The molecule has 0 aliphatic rings. The first kappa shape index (κ1) is 15.7. The predicted molar refractivity (Wildman–Crippen MR) is 80.0 cm³/mol. The molecule has 2 aromatic heterocycles. The minimum absolute atomic E-state index is 0.0208. The van der Waals surface area contributed by atoms with Gasteiger partial charge in [-0.05, 0) is 34.3 Å². The van der Waals surface area contributed by atoms with Crippen LogP contribution in [0.15, 0.2) is 37.6 Å². The number of aliphatic hydroxyl groups is 1. The van der Waals surface area contributed by atoms with Crippen LogP contribution in [0.3, 0.4) is 0 Å². The molecule has 2 rings (SSSR count). The first-order chi connectivity index (χ1) is 9.37. The molecule has 0 saturated heterocycles. The van der Waals surface area contributed by atoms with Crippen LogP contribution >= 0.6 is 27.3 Å². The van der Waals surface area contributed by atoms with Crippen molar-refractivity contribution in [2.75, 3.05) is 7.05 Å². The summed E-state index contributed by atoms with van der Waals surface area (Å²) < 4.78 is 31.7. The number of furan rings is 1. The maximum absolute atomic E-state index is 12.6. The third-order valence-electron chi connectivity index (χ3n) is 3.02. The van der Waals surface area contributed by atoms with Crippen LogP contribution in [0.1, 0.15) is 23.6 Å². The van der Waals surface area contributed by atoms with Gasteiger partial charge in [0.25, 0.3) is 0 Å². The van der Waals surface area contributed by atoms with Gasteiger partial charge in [-0.25, -0.2) is 8.42 Å². The number of hydrogen-bond donors (Lipinski definition) is 1. The van der Waals surface area contributed by atoms with Gasteiger partial charge in [0.15, 0.2) is 4.67 Å². The fourth-order valence-corrected chi connectivity index (χ4v) is 4.92. The van der Waals surface area contributed by atoms with Gasteiger partial charge in [0.1, 0.15) is 17.3 Å². The maximum Gasteiger partial charge on any atom is 0.247 e. The molecular formula is C12H14BrNO4S2. The lowest BCUT2D eigenvalue weighted by atomic mass is 10.3. The summed E-state index contributed by atoms with van der Waals surface area (Å²) in [5.74, 6) is 0.202. The van der Waals surface area contributed by atoms with E-state index in [9.17, 15) is 8.42 Å². The van der Waals surface area contributed by atoms with Crippen molar-refractivity contribution in [2.24, 2.45) is 0 Å². The highest BCUT2D eigenvalue weighted by atomic mass is 79.9. The normalized spacial score (nSPS) is 13.8. The standard InChI is InChI=1S/C12H14BrNO4S2/c1-8(10-4-3-5-19-10)14(2)20(16,17)11-6-9(7-15)18-12(11)13/h3-6,8,15H,7H2,1-2H3. The number of sulfonamides is 1. The van der Waals surface area contributed by atoms with Gasteiger partial charge in [-0.3, -0.25) is 0 Å². The Hall–Kier alpha value is -0.670. The Morgan fingerprint density at radius 1 is 1.55 bits per heavy atom. The summed E-state index contributed by atoms with van der Waals surface area (Å²) in [4.78, 5) is 0.977. The molecule has 0 fully saturated rings. The molecule has 8 heteroatoms. The van der Waals surface area contributed by atoms with Crippen molar-refractivity contribution in [2.45, 2.75) is 24.5 Å². The number of aliphatic hydroxyl groups excluding tert-OH is 1. The molecule has 2 heterocycles. The van der Waals surface area contributed by atoms with Gasteiger partial charge in [0.05, 0.1) is 6.04 Å². The monoisotopic (exact) mass is 379 g/mol. The highest BCUT2D eigenvalue weighted by molar-refractivity contribution is 9.10. The van der Waals surface area contributed by atoms with Gasteiger partial charge in [-0.2, -0.15) is 4.31 Å². The van der Waals surface area contributed by atoms with E-state index in [0.29, 0.717) is 0 Å². The fourth-order valence-electron chi connectivity index (χ4n) is 1.72. The van der Waals surface area contributed by atoms with Gasteiger partial charge in [0, 0.05) is 18.0 Å². The minimum Gasteiger partial charge on any atom is -0.450 e. The largest absolute Gasteiger partial charge is 0.450 e. The van der Waals surface area contributed by atoms with Gasteiger partial charge in [0.2, 0.25) is 10.0 Å². The van der Waals surface area contributed by atoms with Crippen LogP contribution in [0.5, 0.6) is 0 Å². The molecule has 20 heavy (non-hydrogen) atoms. The Balaban J connectivity index is 2.36. The Bertz CT molecular complexity index is 678. The maximum atomic E-state index is 12.6. The highest BCUT2D eigenvalue weighted by Gasteiger charge is 2.30. The summed E-state index contributed by atoms with van der Waals surface area (Å²) in [5.41, 5.74) is 0. The van der Waals surface area contributed by atoms with Crippen molar-refractivity contribution in [3.63, 3.8) is 0 Å². The SMILES string of the molecule is CC(c1cccs1)N(C)S(=O)(=O)c1cc(CO)oc1Br. The van der Waals surface area contributed by atoms with Crippen LogP contribution in [0, 0.1) is 0 Å². The van der Waals surface area contributed by atoms with E-state index in [1.807, 2.05) is 24.4 Å². The Kier molecular flexibility index (Phi) is 4.70. The zero-order chi connectivity index (χ0) is 14.9. The van der Waals surface area contributed by atoms with Crippen molar-refractivity contribution >= 4 is 37.3 Å². The fraction of sp³-hybridized carbons (Fsp3) is 0.333. The molecule has 0 spiro atoms. The zero-order valence-electron chi connectivity index (χ0n) is 10.9. The van der Waals surface area contributed by atoms with Crippen LogP contribution in [-0.4, -0.2) is 24.9 Å². The lowest BCUT2D eigenvalue weighted by Crippen LogP contribution is -2.29. The smallest absolute Gasteiger partial charge is 0.247 e. The average Bonchev–Trinajstić information content (AvgIpc) is 3.05.